The molecule has 0 bridgehead atoms. The number of methoxy groups -OCH3 is 1. The third-order valence-corrected chi connectivity index (χ3v) is 3.36. The predicted octanol–water partition coefficient (Wildman–Crippen LogP) is 0.986. The Morgan fingerprint density at radius 2 is 2.23 bits per heavy atom. The second-order valence-corrected chi connectivity index (χ2v) is 5.22. The molecule has 2 aromatic rings. The summed E-state index contributed by atoms with van der Waals surface area (Å²) in [4.78, 5) is 20.5. The van der Waals surface area contributed by atoms with Crippen LogP contribution in [0.5, 0.6) is 0 Å². The van der Waals surface area contributed by atoms with E-state index in [0.29, 0.717) is 18.2 Å². The highest BCUT2D eigenvalue weighted by molar-refractivity contribution is 5.84. The molecule has 0 aromatic carbocycles. The largest absolute Gasteiger partial charge is 0.378 e. The Kier molecular flexibility index (Phi) is 5.26. The maximum atomic E-state index is 12.1. The number of carbonyl (C=O) groups excluding carboxylic acids is 1. The molecule has 0 saturated heterocycles. The van der Waals surface area contributed by atoms with Gasteiger partial charge < -0.3 is 15.4 Å². The minimum Gasteiger partial charge on any atom is -0.378 e. The summed E-state index contributed by atoms with van der Waals surface area (Å²) in [5.41, 5.74) is 0.722. The lowest BCUT2D eigenvalue weighted by Crippen LogP contribution is -2.42. The fourth-order valence-electron chi connectivity index (χ4n) is 1.94. The lowest BCUT2D eigenvalue weighted by molar-refractivity contribution is -0.122. The average Bonchev–Trinajstić information content (AvgIpc) is 2.95. The number of fused-ring (bicyclic) bond motifs is 1. The van der Waals surface area contributed by atoms with Gasteiger partial charge in [-0.2, -0.15) is 14.6 Å². The first-order chi connectivity index (χ1) is 10.5. The van der Waals surface area contributed by atoms with Crippen LogP contribution in [0.2, 0.25) is 0 Å². The Morgan fingerprint density at radius 3 is 2.91 bits per heavy atom. The number of hydrogen-bond acceptors (Lipinski definition) is 6. The van der Waals surface area contributed by atoms with Crippen molar-refractivity contribution in [2.24, 2.45) is 0 Å². The van der Waals surface area contributed by atoms with E-state index in [-0.39, 0.29) is 11.9 Å². The van der Waals surface area contributed by atoms with Gasteiger partial charge >= 0.3 is 0 Å². The number of amides is 1. The standard InChI is InChI=1S/C14H22N6O2/c1-5-9(2)17-13(21)10(3)18-12-6-11(7-22-4)19-14-15-8-16-20(12)14/h6,8-10,18H,5,7H2,1-4H3,(H,17,21). The summed E-state index contributed by atoms with van der Waals surface area (Å²) in [5.74, 6) is 1.06. The summed E-state index contributed by atoms with van der Waals surface area (Å²) >= 11 is 0. The highest BCUT2D eigenvalue weighted by Gasteiger charge is 2.17. The smallest absolute Gasteiger partial charge is 0.254 e. The summed E-state index contributed by atoms with van der Waals surface area (Å²) in [6.45, 7) is 6.17. The molecule has 0 aliphatic carbocycles. The molecule has 8 heteroatoms. The molecular formula is C14H22N6O2. The third-order valence-electron chi connectivity index (χ3n) is 3.36. The molecule has 8 nitrogen and oxygen atoms in total. The number of anilines is 1. The van der Waals surface area contributed by atoms with Crippen LogP contribution in [0.1, 0.15) is 32.9 Å². The van der Waals surface area contributed by atoms with Gasteiger partial charge in [-0.3, -0.25) is 4.79 Å². The summed E-state index contributed by atoms with van der Waals surface area (Å²) in [6, 6.07) is 1.54. The van der Waals surface area contributed by atoms with Gasteiger partial charge in [0.25, 0.3) is 5.78 Å². The van der Waals surface area contributed by atoms with E-state index in [1.54, 1.807) is 24.6 Å². The molecule has 2 N–H and O–H groups in total. The van der Waals surface area contributed by atoms with E-state index in [9.17, 15) is 4.79 Å². The third kappa shape index (κ3) is 3.70. The molecule has 2 aromatic heterocycles. The number of carbonyl (C=O) groups is 1. The topological polar surface area (TPSA) is 93.4 Å². The molecular weight excluding hydrogens is 284 g/mol. The van der Waals surface area contributed by atoms with Crippen LogP contribution in [0.15, 0.2) is 12.4 Å². The van der Waals surface area contributed by atoms with Crippen LogP contribution >= 0.6 is 0 Å². The molecule has 2 heterocycles. The van der Waals surface area contributed by atoms with Crippen molar-refractivity contribution < 1.29 is 9.53 Å². The Bertz CT molecular complexity index is 641. The van der Waals surface area contributed by atoms with E-state index in [2.05, 4.69) is 25.7 Å². The molecule has 0 spiro atoms. The molecule has 0 aliphatic heterocycles. The lowest BCUT2D eigenvalue weighted by atomic mass is 10.2. The maximum Gasteiger partial charge on any atom is 0.254 e. The maximum absolute atomic E-state index is 12.1. The molecule has 1 amide bonds. The van der Waals surface area contributed by atoms with E-state index in [4.69, 9.17) is 4.74 Å². The summed E-state index contributed by atoms with van der Waals surface area (Å²) in [5, 5.41) is 10.2. The highest BCUT2D eigenvalue weighted by atomic mass is 16.5. The first-order valence-electron chi connectivity index (χ1n) is 7.30. The van der Waals surface area contributed by atoms with Crippen LogP contribution in [0, 0.1) is 0 Å². The van der Waals surface area contributed by atoms with Gasteiger partial charge in [0.2, 0.25) is 5.91 Å². The Labute approximate surface area is 129 Å². The summed E-state index contributed by atoms with van der Waals surface area (Å²) < 4.78 is 6.66. The number of rotatable bonds is 7. The zero-order valence-electron chi connectivity index (χ0n) is 13.3. The Balaban J connectivity index is 2.19. The van der Waals surface area contributed by atoms with E-state index in [0.717, 1.165) is 12.1 Å². The van der Waals surface area contributed by atoms with Gasteiger partial charge in [-0.05, 0) is 20.3 Å². The first-order valence-corrected chi connectivity index (χ1v) is 7.30. The van der Waals surface area contributed by atoms with Crippen molar-refractivity contribution in [1.82, 2.24) is 24.9 Å². The van der Waals surface area contributed by atoms with E-state index < -0.39 is 6.04 Å². The summed E-state index contributed by atoms with van der Waals surface area (Å²) in [6.07, 6.45) is 2.31. The Hall–Kier alpha value is -2.22. The van der Waals surface area contributed by atoms with E-state index in [1.165, 1.54) is 6.33 Å². The molecule has 2 atom stereocenters. The van der Waals surface area contributed by atoms with Gasteiger partial charge in [0.1, 0.15) is 18.2 Å². The van der Waals surface area contributed by atoms with Crippen LogP contribution in [0.3, 0.4) is 0 Å². The zero-order chi connectivity index (χ0) is 16.1. The van der Waals surface area contributed by atoms with Gasteiger partial charge in [-0.25, -0.2) is 4.98 Å². The monoisotopic (exact) mass is 306 g/mol. The zero-order valence-corrected chi connectivity index (χ0v) is 13.3. The molecule has 120 valence electrons. The van der Waals surface area contributed by atoms with E-state index >= 15 is 0 Å². The molecule has 0 saturated carbocycles. The second kappa shape index (κ2) is 7.17. The van der Waals surface area contributed by atoms with Gasteiger partial charge in [0.05, 0.1) is 12.3 Å². The van der Waals surface area contributed by atoms with Crippen LogP contribution in [-0.2, 0) is 16.1 Å². The minimum absolute atomic E-state index is 0.0623. The highest BCUT2D eigenvalue weighted by Crippen LogP contribution is 2.13. The molecule has 2 unspecified atom stereocenters. The molecule has 22 heavy (non-hydrogen) atoms. The normalized spacial score (nSPS) is 13.8. The number of ether oxygens (including phenoxy) is 1. The van der Waals surface area contributed by atoms with Crippen molar-refractivity contribution in [3.8, 4) is 0 Å². The number of nitrogens with one attached hydrogen (secondary N) is 2. The average molecular weight is 306 g/mol. The number of nitrogens with zero attached hydrogens (tertiary/aromatic N) is 4. The molecule has 0 radical (unpaired) electrons. The predicted molar refractivity (Wildman–Crippen MR) is 82.5 cm³/mol. The van der Waals surface area contributed by atoms with Gasteiger partial charge in [0.15, 0.2) is 0 Å². The van der Waals surface area contributed by atoms with Crippen molar-refractivity contribution in [1.29, 1.82) is 0 Å². The van der Waals surface area contributed by atoms with Crippen molar-refractivity contribution in [3.63, 3.8) is 0 Å². The van der Waals surface area contributed by atoms with Crippen LogP contribution in [0.25, 0.3) is 5.78 Å². The van der Waals surface area contributed by atoms with Crippen LogP contribution < -0.4 is 10.6 Å². The number of aromatic nitrogens is 4. The Morgan fingerprint density at radius 1 is 1.45 bits per heavy atom. The summed E-state index contributed by atoms with van der Waals surface area (Å²) in [7, 11) is 1.60. The second-order valence-electron chi connectivity index (χ2n) is 5.22. The van der Waals surface area contributed by atoms with Crippen LogP contribution in [-0.4, -0.2) is 44.7 Å². The van der Waals surface area contributed by atoms with Crippen molar-refractivity contribution in [2.75, 3.05) is 12.4 Å². The van der Waals surface area contributed by atoms with Gasteiger partial charge in [-0.1, -0.05) is 6.92 Å². The fourth-order valence-corrected chi connectivity index (χ4v) is 1.94. The van der Waals surface area contributed by atoms with E-state index in [1.807, 2.05) is 13.8 Å². The van der Waals surface area contributed by atoms with Crippen LogP contribution in [0.4, 0.5) is 5.82 Å². The van der Waals surface area contributed by atoms with Gasteiger partial charge in [-0.15, -0.1) is 0 Å². The van der Waals surface area contributed by atoms with Crippen molar-refractivity contribution in [2.45, 2.75) is 45.9 Å². The van der Waals surface area contributed by atoms with Gasteiger partial charge in [0, 0.05) is 19.2 Å². The minimum atomic E-state index is -0.404. The first kappa shape index (κ1) is 16.2. The van der Waals surface area contributed by atoms with Crippen molar-refractivity contribution in [3.05, 3.63) is 18.1 Å². The fraction of sp³-hybridized carbons (Fsp3) is 0.571. The van der Waals surface area contributed by atoms with Crippen molar-refractivity contribution >= 4 is 17.5 Å². The lowest BCUT2D eigenvalue weighted by Gasteiger charge is -2.18. The molecule has 2 rings (SSSR count). The molecule has 0 fully saturated rings. The SMILES string of the molecule is CCC(C)NC(=O)C(C)Nc1cc(COC)nc2ncnn12. The molecule has 0 aliphatic rings. The number of hydrogen-bond donors (Lipinski definition) is 2. The quantitative estimate of drug-likeness (QED) is 0.792.